The predicted octanol–water partition coefficient (Wildman–Crippen LogP) is 0.610. The zero-order valence-corrected chi connectivity index (χ0v) is 17.0. The second-order valence-corrected chi connectivity index (χ2v) is 6.86. The molecule has 0 aromatic heterocycles. The van der Waals surface area contributed by atoms with E-state index in [-0.39, 0.29) is 24.8 Å². The predicted molar refractivity (Wildman–Crippen MR) is 99.1 cm³/mol. The third-order valence-corrected chi connectivity index (χ3v) is 3.32. The van der Waals surface area contributed by atoms with Crippen molar-refractivity contribution in [3.8, 4) is 0 Å². The van der Waals surface area contributed by atoms with Gasteiger partial charge in [0.2, 0.25) is 5.91 Å². The minimum Gasteiger partial charge on any atom is -0.467 e. The molecule has 27 heavy (non-hydrogen) atoms. The van der Waals surface area contributed by atoms with Gasteiger partial charge >= 0.3 is 18.1 Å². The van der Waals surface area contributed by atoms with E-state index in [1.807, 2.05) is 0 Å². The van der Waals surface area contributed by atoms with Gasteiger partial charge in [0, 0.05) is 33.1 Å². The van der Waals surface area contributed by atoms with Crippen LogP contribution in [0.5, 0.6) is 0 Å². The number of rotatable bonds is 9. The van der Waals surface area contributed by atoms with Crippen LogP contribution in [0.4, 0.5) is 9.59 Å². The number of likely N-dealkylation sites (N-methyl/N-ethyl adjacent to an activating group) is 1. The summed E-state index contributed by atoms with van der Waals surface area (Å²) in [5, 5.41) is 7.62. The van der Waals surface area contributed by atoms with E-state index in [4.69, 9.17) is 4.74 Å². The number of esters is 1. The zero-order chi connectivity index (χ0) is 21.0. The first-order valence-corrected chi connectivity index (χ1v) is 8.83. The van der Waals surface area contributed by atoms with Crippen LogP contribution in [-0.4, -0.2) is 74.3 Å². The van der Waals surface area contributed by atoms with E-state index in [1.54, 1.807) is 34.7 Å². The Morgan fingerprint density at radius 1 is 1.11 bits per heavy atom. The number of ether oxygens (including phenoxy) is 2. The molecule has 0 saturated heterocycles. The van der Waals surface area contributed by atoms with E-state index in [9.17, 15) is 19.2 Å². The summed E-state index contributed by atoms with van der Waals surface area (Å²) in [4.78, 5) is 48.6. The molecule has 10 nitrogen and oxygen atoms in total. The topological polar surface area (TPSA) is 126 Å². The van der Waals surface area contributed by atoms with Crippen molar-refractivity contribution < 1.29 is 28.7 Å². The molecule has 0 aromatic carbocycles. The highest BCUT2D eigenvalue weighted by Gasteiger charge is 2.26. The maximum Gasteiger partial charge on any atom is 0.408 e. The first-order valence-electron chi connectivity index (χ1n) is 8.83. The minimum absolute atomic E-state index is 0.0211. The van der Waals surface area contributed by atoms with Crippen LogP contribution >= 0.6 is 0 Å². The molecule has 0 aliphatic rings. The molecule has 1 atom stereocenters. The summed E-state index contributed by atoms with van der Waals surface area (Å²) in [6.45, 7) is 8.04. The van der Waals surface area contributed by atoms with Crippen molar-refractivity contribution in [1.82, 2.24) is 20.9 Å². The van der Waals surface area contributed by atoms with Crippen molar-refractivity contribution in [2.45, 2.75) is 52.2 Å². The van der Waals surface area contributed by atoms with Gasteiger partial charge in [-0.05, 0) is 34.1 Å². The summed E-state index contributed by atoms with van der Waals surface area (Å²) < 4.78 is 9.77. The Kier molecular flexibility index (Phi) is 10.9. The Morgan fingerprint density at radius 3 is 2.26 bits per heavy atom. The molecule has 4 amide bonds. The van der Waals surface area contributed by atoms with E-state index in [1.165, 1.54) is 12.0 Å². The molecule has 0 aliphatic carbocycles. The van der Waals surface area contributed by atoms with Crippen molar-refractivity contribution in [2.24, 2.45) is 0 Å². The third kappa shape index (κ3) is 11.7. The Morgan fingerprint density at radius 2 is 1.74 bits per heavy atom. The third-order valence-electron chi connectivity index (χ3n) is 3.32. The van der Waals surface area contributed by atoms with Gasteiger partial charge in [0.05, 0.1) is 7.11 Å². The number of hydrogen-bond acceptors (Lipinski definition) is 6. The molecular formula is C17H32N4O6. The molecule has 0 spiro atoms. The molecule has 3 N–H and O–H groups in total. The number of amides is 4. The van der Waals surface area contributed by atoms with Crippen molar-refractivity contribution in [3.05, 3.63) is 0 Å². The normalized spacial score (nSPS) is 11.8. The number of carbonyl (C=O) groups is 4. The maximum absolute atomic E-state index is 12.2. The summed E-state index contributed by atoms with van der Waals surface area (Å²) in [6, 6.07) is -1.29. The lowest BCUT2D eigenvalue weighted by atomic mass is 10.1. The zero-order valence-electron chi connectivity index (χ0n) is 17.0. The Hall–Kier alpha value is -2.52. The smallest absolute Gasteiger partial charge is 0.408 e. The fourth-order valence-electron chi connectivity index (χ4n) is 1.98. The van der Waals surface area contributed by atoms with Crippen molar-refractivity contribution in [2.75, 3.05) is 33.8 Å². The number of carbonyl (C=O) groups excluding carboxylic acids is 4. The van der Waals surface area contributed by atoms with Gasteiger partial charge < -0.3 is 30.3 Å². The molecule has 0 unspecified atom stereocenters. The fourth-order valence-corrected chi connectivity index (χ4v) is 1.98. The molecule has 0 bridgehead atoms. The molecule has 0 saturated carbocycles. The van der Waals surface area contributed by atoms with Gasteiger partial charge in [0.25, 0.3) is 0 Å². The number of urea groups is 1. The maximum atomic E-state index is 12.2. The Bertz CT molecular complexity index is 518. The first-order chi connectivity index (χ1) is 12.5. The number of hydrogen-bond donors (Lipinski definition) is 3. The Balaban J connectivity index is 4.47. The summed E-state index contributed by atoms with van der Waals surface area (Å²) in [7, 11) is 2.79. The van der Waals surface area contributed by atoms with E-state index in [2.05, 4.69) is 20.7 Å². The standard InChI is InChI=1S/C17H32N4O6/c1-7-18-15(24)19-10-11-21(5)13(22)9-8-12(14(23)26-6)20-16(25)27-17(2,3)4/h12H,7-11H2,1-6H3,(H,20,25)(H2,18,19,24)/t12-/m0/s1. The van der Waals surface area contributed by atoms with Crippen LogP contribution in [0.2, 0.25) is 0 Å². The van der Waals surface area contributed by atoms with Crippen LogP contribution in [0.25, 0.3) is 0 Å². The highest BCUT2D eigenvalue weighted by Crippen LogP contribution is 2.09. The van der Waals surface area contributed by atoms with Gasteiger partial charge in [-0.25, -0.2) is 14.4 Å². The average Bonchev–Trinajstić information content (AvgIpc) is 2.55. The van der Waals surface area contributed by atoms with Gasteiger partial charge in [0.15, 0.2) is 0 Å². The number of alkyl carbamates (subject to hydrolysis) is 1. The second-order valence-electron chi connectivity index (χ2n) is 6.86. The molecule has 0 heterocycles. The monoisotopic (exact) mass is 388 g/mol. The molecule has 0 fully saturated rings. The second kappa shape index (κ2) is 12.0. The largest absolute Gasteiger partial charge is 0.467 e. The number of nitrogens with zero attached hydrogens (tertiary/aromatic N) is 1. The van der Waals surface area contributed by atoms with Gasteiger partial charge in [-0.1, -0.05) is 0 Å². The van der Waals surface area contributed by atoms with E-state index >= 15 is 0 Å². The van der Waals surface area contributed by atoms with E-state index < -0.39 is 23.7 Å². The first kappa shape index (κ1) is 24.5. The fraction of sp³-hybridized carbons (Fsp3) is 0.765. The molecule has 10 heteroatoms. The van der Waals surface area contributed by atoms with Crippen LogP contribution in [0.15, 0.2) is 0 Å². The van der Waals surface area contributed by atoms with Crippen LogP contribution in [0, 0.1) is 0 Å². The lowest BCUT2D eigenvalue weighted by Crippen LogP contribution is -2.45. The molecule has 0 aliphatic heterocycles. The summed E-state index contributed by atoms with van der Waals surface area (Å²) in [5.41, 5.74) is -0.710. The molecule has 0 rings (SSSR count). The molecular weight excluding hydrogens is 356 g/mol. The van der Waals surface area contributed by atoms with E-state index in [0.29, 0.717) is 19.6 Å². The molecule has 0 aromatic rings. The summed E-state index contributed by atoms with van der Waals surface area (Å²) in [5.74, 6) is -0.887. The lowest BCUT2D eigenvalue weighted by molar-refractivity contribution is -0.143. The van der Waals surface area contributed by atoms with Crippen molar-refractivity contribution in [1.29, 1.82) is 0 Å². The molecule has 0 radical (unpaired) electrons. The molecule has 156 valence electrons. The summed E-state index contributed by atoms with van der Waals surface area (Å²) in [6.07, 6.45) is -0.670. The summed E-state index contributed by atoms with van der Waals surface area (Å²) >= 11 is 0. The van der Waals surface area contributed by atoms with Gasteiger partial charge in [-0.3, -0.25) is 4.79 Å². The van der Waals surface area contributed by atoms with Gasteiger partial charge in [-0.15, -0.1) is 0 Å². The van der Waals surface area contributed by atoms with Gasteiger partial charge in [-0.2, -0.15) is 0 Å². The SMILES string of the molecule is CCNC(=O)NCCN(C)C(=O)CC[C@H](NC(=O)OC(C)(C)C)C(=O)OC. The number of nitrogens with one attached hydrogen (secondary N) is 3. The van der Waals surface area contributed by atoms with Crippen LogP contribution < -0.4 is 16.0 Å². The van der Waals surface area contributed by atoms with Crippen LogP contribution in [0.3, 0.4) is 0 Å². The Labute approximate surface area is 160 Å². The van der Waals surface area contributed by atoms with E-state index in [0.717, 1.165) is 0 Å². The number of methoxy groups -OCH3 is 1. The lowest BCUT2D eigenvalue weighted by Gasteiger charge is -2.23. The van der Waals surface area contributed by atoms with Crippen molar-refractivity contribution in [3.63, 3.8) is 0 Å². The van der Waals surface area contributed by atoms with Crippen molar-refractivity contribution >= 4 is 24.0 Å². The minimum atomic E-state index is -0.990. The quantitative estimate of drug-likeness (QED) is 0.497. The highest BCUT2D eigenvalue weighted by atomic mass is 16.6. The van der Waals surface area contributed by atoms with Gasteiger partial charge in [0.1, 0.15) is 11.6 Å². The average molecular weight is 388 g/mol. The van der Waals surface area contributed by atoms with Crippen LogP contribution in [-0.2, 0) is 19.1 Å². The highest BCUT2D eigenvalue weighted by molar-refractivity contribution is 5.83. The van der Waals surface area contributed by atoms with Crippen LogP contribution in [0.1, 0.15) is 40.5 Å².